The lowest BCUT2D eigenvalue weighted by Crippen LogP contribution is -2.38. The number of hydrogen-bond acceptors (Lipinski definition) is 5. The maximum atomic E-state index is 11.1. The number of benzene rings is 1. The van der Waals surface area contributed by atoms with Crippen LogP contribution in [-0.4, -0.2) is 30.6 Å². The van der Waals surface area contributed by atoms with Gasteiger partial charge in [0.1, 0.15) is 11.6 Å². The van der Waals surface area contributed by atoms with E-state index >= 15 is 0 Å². The SMILES string of the molecule is CCCN(CC1CCCN1)c1ccc(C#N)c([N+](=O)[O-])c1. The second kappa shape index (κ2) is 7.04. The monoisotopic (exact) mass is 288 g/mol. The van der Waals surface area contributed by atoms with Crippen LogP contribution in [0.4, 0.5) is 11.4 Å². The number of hydrogen-bond donors (Lipinski definition) is 1. The van der Waals surface area contributed by atoms with E-state index in [0.29, 0.717) is 6.04 Å². The molecule has 1 fully saturated rings. The van der Waals surface area contributed by atoms with Crippen molar-refractivity contribution in [1.29, 1.82) is 5.26 Å². The van der Waals surface area contributed by atoms with Crippen LogP contribution in [0, 0.1) is 21.4 Å². The maximum Gasteiger partial charge on any atom is 0.289 e. The standard InChI is InChI=1S/C15H20N4O2/c1-2-8-18(11-13-4-3-7-17-13)14-6-5-12(10-16)15(9-14)19(20)21/h5-6,9,13,17H,2-4,7-8,11H2,1H3. The van der Waals surface area contributed by atoms with Crippen molar-refractivity contribution in [2.24, 2.45) is 0 Å². The van der Waals surface area contributed by atoms with Crippen molar-refractivity contribution in [3.05, 3.63) is 33.9 Å². The van der Waals surface area contributed by atoms with Crippen molar-refractivity contribution in [3.8, 4) is 6.07 Å². The molecule has 2 rings (SSSR count). The van der Waals surface area contributed by atoms with Crippen molar-refractivity contribution in [2.75, 3.05) is 24.5 Å². The number of nitro benzene ring substituents is 1. The lowest BCUT2D eigenvalue weighted by Gasteiger charge is -2.27. The molecular weight excluding hydrogens is 268 g/mol. The molecule has 1 aliphatic heterocycles. The van der Waals surface area contributed by atoms with Gasteiger partial charge in [-0.2, -0.15) is 5.26 Å². The summed E-state index contributed by atoms with van der Waals surface area (Å²) in [5.41, 5.74) is 0.811. The molecule has 1 N–H and O–H groups in total. The highest BCUT2D eigenvalue weighted by Gasteiger charge is 2.21. The minimum atomic E-state index is -0.486. The summed E-state index contributed by atoms with van der Waals surface area (Å²) in [5, 5.41) is 23.5. The highest BCUT2D eigenvalue weighted by Crippen LogP contribution is 2.26. The van der Waals surface area contributed by atoms with Gasteiger partial charge in [0, 0.05) is 30.9 Å². The molecule has 1 aromatic rings. The van der Waals surface area contributed by atoms with E-state index in [4.69, 9.17) is 5.26 Å². The lowest BCUT2D eigenvalue weighted by molar-refractivity contribution is -0.385. The molecule has 0 radical (unpaired) electrons. The van der Waals surface area contributed by atoms with E-state index in [9.17, 15) is 10.1 Å². The first-order valence-corrected chi connectivity index (χ1v) is 7.32. The third-order valence-electron chi connectivity index (χ3n) is 3.76. The zero-order valence-corrected chi connectivity index (χ0v) is 12.2. The minimum absolute atomic E-state index is 0.110. The molecule has 1 aliphatic rings. The Balaban J connectivity index is 2.24. The summed E-state index contributed by atoms with van der Waals surface area (Å²) in [6.07, 6.45) is 3.29. The summed E-state index contributed by atoms with van der Waals surface area (Å²) < 4.78 is 0. The van der Waals surface area contributed by atoms with Gasteiger partial charge in [-0.3, -0.25) is 10.1 Å². The lowest BCUT2D eigenvalue weighted by atomic mass is 10.1. The third kappa shape index (κ3) is 3.70. The van der Waals surface area contributed by atoms with Crippen molar-refractivity contribution in [2.45, 2.75) is 32.2 Å². The van der Waals surface area contributed by atoms with E-state index in [1.165, 1.54) is 18.6 Å². The van der Waals surface area contributed by atoms with Crippen molar-refractivity contribution >= 4 is 11.4 Å². The summed E-state index contributed by atoms with van der Waals surface area (Å²) in [6, 6.07) is 7.17. The topological polar surface area (TPSA) is 82.2 Å². The Kier molecular flexibility index (Phi) is 5.12. The molecule has 0 aromatic heterocycles. The summed E-state index contributed by atoms with van der Waals surface area (Å²) in [6.45, 7) is 4.82. The fourth-order valence-electron chi connectivity index (χ4n) is 2.74. The fraction of sp³-hybridized carbons (Fsp3) is 0.533. The van der Waals surface area contributed by atoms with Gasteiger partial charge in [0.15, 0.2) is 0 Å². The van der Waals surface area contributed by atoms with Crippen molar-refractivity contribution in [1.82, 2.24) is 5.32 Å². The molecule has 0 saturated carbocycles. The second-order valence-electron chi connectivity index (χ2n) is 5.31. The van der Waals surface area contributed by atoms with Crippen LogP contribution in [0.25, 0.3) is 0 Å². The van der Waals surface area contributed by atoms with Crippen LogP contribution in [0.15, 0.2) is 18.2 Å². The Labute approximate surface area is 124 Å². The van der Waals surface area contributed by atoms with Crippen LogP contribution in [0.1, 0.15) is 31.7 Å². The predicted octanol–water partition coefficient (Wildman–Crippen LogP) is 2.43. The van der Waals surface area contributed by atoms with Crippen LogP contribution >= 0.6 is 0 Å². The molecular formula is C15H20N4O2. The molecule has 1 heterocycles. The Hall–Kier alpha value is -2.13. The molecule has 21 heavy (non-hydrogen) atoms. The van der Waals surface area contributed by atoms with Crippen LogP contribution < -0.4 is 10.2 Å². The molecule has 1 atom stereocenters. The number of rotatable bonds is 6. The number of anilines is 1. The average molecular weight is 288 g/mol. The Bertz CT molecular complexity index is 547. The van der Waals surface area contributed by atoms with Gasteiger partial charge in [0.05, 0.1) is 4.92 Å². The Morgan fingerprint density at radius 3 is 2.95 bits per heavy atom. The average Bonchev–Trinajstić information content (AvgIpc) is 2.99. The van der Waals surface area contributed by atoms with Crippen LogP contribution in [0.5, 0.6) is 0 Å². The second-order valence-corrected chi connectivity index (χ2v) is 5.31. The molecule has 0 aliphatic carbocycles. The van der Waals surface area contributed by atoms with E-state index in [-0.39, 0.29) is 11.3 Å². The molecule has 1 saturated heterocycles. The van der Waals surface area contributed by atoms with Gasteiger partial charge in [0.2, 0.25) is 0 Å². The van der Waals surface area contributed by atoms with Crippen LogP contribution in [0.3, 0.4) is 0 Å². The molecule has 1 aromatic carbocycles. The van der Waals surface area contributed by atoms with Gasteiger partial charge in [-0.05, 0) is 37.9 Å². The van der Waals surface area contributed by atoms with Gasteiger partial charge >= 0.3 is 0 Å². The largest absolute Gasteiger partial charge is 0.370 e. The van der Waals surface area contributed by atoms with Crippen molar-refractivity contribution < 1.29 is 4.92 Å². The summed E-state index contributed by atoms with van der Waals surface area (Å²) in [5.74, 6) is 0. The predicted molar refractivity (Wildman–Crippen MR) is 81.3 cm³/mol. The zero-order chi connectivity index (χ0) is 15.2. The Morgan fingerprint density at radius 1 is 1.57 bits per heavy atom. The van der Waals surface area contributed by atoms with Crippen LogP contribution in [0.2, 0.25) is 0 Å². The molecule has 6 heteroatoms. The minimum Gasteiger partial charge on any atom is -0.370 e. The summed E-state index contributed by atoms with van der Waals surface area (Å²) in [4.78, 5) is 12.8. The van der Waals surface area contributed by atoms with E-state index in [1.54, 1.807) is 6.07 Å². The van der Waals surface area contributed by atoms with Gasteiger partial charge in [0.25, 0.3) is 5.69 Å². The van der Waals surface area contributed by atoms with Crippen LogP contribution in [-0.2, 0) is 0 Å². The van der Waals surface area contributed by atoms with Gasteiger partial charge in [-0.1, -0.05) is 6.92 Å². The first-order chi connectivity index (χ1) is 10.2. The fourth-order valence-corrected chi connectivity index (χ4v) is 2.74. The number of nitro groups is 1. The summed E-state index contributed by atoms with van der Waals surface area (Å²) >= 11 is 0. The Morgan fingerprint density at radius 2 is 2.38 bits per heavy atom. The van der Waals surface area contributed by atoms with Gasteiger partial charge in [-0.15, -0.1) is 0 Å². The molecule has 0 amide bonds. The molecule has 6 nitrogen and oxygen atoms in total. The highest BCUT2D eigenvalue weighted by atomic mass is 16.6. The molecule has 112 valence electrons. The summed E-state index contributed by atoms with van der Waals surface area (Å²) in [7, 11) is 0. The normalized spacial score (nSPS) is 17.4. The maximum absolute atomic E-state index is 11.1. The third-order valence-corrected chi connectivity index (χ3v) is 3.76. The first kappa shape index (κ1) is 15.3. The van der Waals surface area contributed by atoms with Gasteiger partial charge in [-0.25, -0.2) is 0 Å². The number of nitrogens with one attached hydrogen (secondary N) is 1. The number of nitrogens with zero attached hydrogens (tertiary/aromatic N) is 3. The van der Waals surface area contributed by atoms with E-state index in [1.807, 2.05) is 6.07 Å². The molecule has 1 unspecified atom stereocenters. The smallest absolute Gasteiger partial charge is 0.289 e. The van der Waals surface area contributed by atoms with E-state index < -0.39 is 4.92 Å². The highest BCUT2D eigenvalue weighted by molar-refractivity contribution is 5.60. The first-order valence-electron chi connectivity index (χ1n) is 7.32. The van der Waals surface area contributed by atoms with Crippen molar-refractivity contribution in [3.63, 3.8) is 0 Å². The molecule has 0 spiro atoms. The zero-order valence-electron chi connectivity index (χ0n) is 12.2. The van der Waals surface area contributed by atoms with E-state index in [2.05, 4.69) is 17.1 Å². The van der Waals surface area contributed by atoms with Gasteiger partial charge < -0.3 is 10.2 Å². The number of nitriles is 1. The molecule has 0 bridgehead atoms. The quantitative estimate of drug-likeness (QED) is 0.642. The van der Waals surface area contributed by atoms with E-state index in [0.717, 1.165) is 38.2 Å².